The summed E-state index contributed by atoms with van der Waals surface area (Å²) in [7, 11) is 0. The first-order chi connectivity index (χ1) is 21.6. The molecule has 0 aromatic heterocycles. The Kier molecular flexibility index (Phi) is 10.00. The zero-order valence-electron chi connectivity index (χ0n) is 27.2. The molecule has 0 fully saturated rings. The van der Waals surface area contributed by atoms with Crippen molar-refractivity contribution in [1.82, 2.24) is 0 Å². The molecular formula is C38H42O8. The molecule has 0 atom stereocenters. The average Bonchev–Trinajstić information content (AvgIpc) is 3.00. The lowest BCUT2D eigenvalue weighted by Gasteiger charge is -2.31. The van der Waals surface area contributed by atoms with E-state index in [0.717, 1.165) is 22.3 Å². The number of rotatable bonds is 11. The largest absolute Gasteiger partial charge is 0.508 e. The molecule has 0 amide bonds. The fourth-order valence-corrected chi connectivity index (χ4v) is 5.73. The number of hydrogen-bond acceptors (Lipinski definition) is 8. The Hall–Kier alpha value is -4.98. The van der Waals surface area contributed by atoms with Crippen molar-refractivity contribution < 1.29 is 39.5 Å². The van der Waals surface area contributed by atoms with E-state index in [1.807, 2.05) is 38.1 Å². The monoisotopic (exact) mass is 626 g/mol. The van der Waals surface area contributed by atoms with Crippen molar-refractivity contribution in [1.29, 1.82) is 0 Å². The number of carbonyl (C=O) groups is 2. The number of benzene rings is 4. The fourth-order valence-electron chi connectivity index (χ4n) is 5.73. The summed E-state index contributed by atoms with van der Waals surface area (Å²) in [5.41, 5.74) is 4.16. The summed E-state index contributed by atoms with van der Waals surface area (Å²) in [6.45, 7) is 10.7. The standard InChI is InChI=1S/C38H42O8/c1-23-17-27(7-11-31(23)39)37(5,28-8-12-32(40)24(2)18-28)21-35(43)45-15-16-46-36(44)22-38(6,29-9-13-33(41)25(3)19-29)30-10-14-34(42)26(4)20-30/h7-14,17-20,39-42H,15-16,21-22H2,1-6H3. The number of phenols is 4. The number of phenolic OH excluding ortho intramolecular Hbond substituents is 4. The predicted octanol–water partition coefficient (Wildman–Crippen LogP) is 6.92. The van der Waals surface area contributed by atoms with Gasteiger partial charge in [0.05, 0.1) is 12.8 Å². The molecule has 0 radical (unpaired) electrons. The summed E-state index contributed by atoms with van der Waals surface area (Å²) < 4.78 is 11.1. The highest BCUT2D eigenvalue weighted by atomic mass is 16.6. The van der Waals surface area contributed by atoms with Crippen LogP contribution in [-0.4, -0.2) is 45.6 Å². The van der Waals surface area contributed by atoms with Crippen molar-refractivity contribution in [3.05, 3.63) is 117 Å². The molecule has 0 saturated heterocycles. The summed E-state index contributed by atoms with van der Waals surface area (Å²) >= 11 is 0. The third kappa shape index (κ3) is 7.28. The molecule has 0 aliphatic rings. The van der Waals surface area contributed by atoms with Gasteiger partial charge in [-0.25, -0.2) is 0 Å². The Labute approximate surface area is 269 Å². The summed E-state index contributed by atoms with van der Waals surface area (Å²) in [4.78, 5) is 26.3. The van der Waals surface area contributed by atoms with Gasteiger partial charge in [0, 0.05) is 10.8 Å². The molecule has 0 saturated carbocycles. The lowest BCUT2D eigenvalue weighted by molar-refractivity contribution is -0.153. The van der Waals surface area contributed by atoms with E-state index in [0.29, 0.717) is 22.3 Å². The fraction of sp³-hybridized carbons (Fsp3) is 0.316. The van der Waals surface area contributed by atoms with Gasteiger partial charge in [-0.05, 0) is 96.5 Å². The molecule has 8 nitrogen and oxygen atoms in total. The molecule has 4 aromatic rings. The summed E-state index contributed by atoms with van der Waals surface area (Å²) in [6.07, 6.45) is -0.0677. The van der Waals surface area contributed by atoms with Gasteiger partial charge in [-0.3, -0.25) is 9.59 Å². The highest BCUT2D eigenvalue weighted by molar-refractivity contribution is 5.74. The molecule has 0 bridgehead atoms. The van der Waals surface area contributed by atoms with E-state index >= 15 is 0 Å². The number of aryl methyl sites for hydroxylation is 4. The van der Waals surface area contributed by atoms with E-state index in [9.17, 15) is 30.0 Å². The van der Waals surface area contributed by atoms with Crippen molar-refractivity contribution in [2.24, 2.45) is 0 Å². The first-order valence-corrected chi connectivity index (χ1v) is 15.2. The van der Waals surface area contributed by atoms with Crippen LogP contribution in [-0.2, 0) is 29.9 Å². The first kappa shape index (κ1) is 33.9. The topological polar surface area (TPSA) is 134 Å². The zero-order valence-corrected chi connectivity index (χ0v) is 27.2. The summed E-state index contributed by atoms with van der Waals surface area (Å²) in [6, 6.07) is 20.7. The van der Waals surface area contributed by atoms with Crippen molar-refractivity contribution in [3.8, 4) is 23.0 Å². The maximum atomic E-state index is 13.2. The minimum atomic E-state index is -0.836. The average molecular weight is 627 g/mol. The minimum absolute atomic E-state index is 0.0339. The Morgan fingerprint density at radius 3 is 0.957 bits per heavy atom. The maximum absolute atomic E-state index is 13.2. The molecule has 4 rings (SSSR count). The molecule has 0 spiro atoms. The number of aromatic hydroxyl groups is 4. The highest BCUT2D eigenvalue weighted by Crippen LogP contribution is 2.40. The molecular weight excluding hydrogens is 584 g/mol. The first-order valence-electron chi connectivity index (χ1n) is 15.2. The lowest BCUT2D eigenvalue weighted by Crippen LogP contribution is -2.30. The maximum Gasteiger partial charge on any atom is 0.307 e. The normalized spacial score (nSPS) is 11.7. The van der Waals surface area contributed by atoms with Crippen LogP contribution in [0.5, 0.6) is 23.0 Å². The SMILES string of the molecule is Cc1cc(C(C)(CC(=O)OCCOC(=O)CC(C)(c2ccc(O)c(C)c2)c2ccc(O)c(C)c2)c2ccc(O)c(C)c2)ccc1O. The molecule has 0 heterocycles. The minimum Gasteiger partial charge on any atom is -0.508 e. The van der Waals surface area contributed by atoms with Gasteiger partial charge >= 0.3 is 11.9 Å². The second kappa shape index (κ2) is 13.6. The lowest BCUT2D eigenvalue weighted by atomic mass is 9.73. The van der Waals surface area contributed by atoms with Gasteiger partial charge in [0.2, 0.25) is 0 Å². The van der Waals surface area contributed by atoms with Crippen molar-refractivity contribution >= 4 is 11.9 Å². The van der Waals surface area contributed by atoms with E-state index in [2.05, 4.69) is 0 Å². The van der Waals surface area contributed by atoms with E-state index in [1.54, 1.807) is 76.2 Å². The molecule has 8 heteroatoms. The zero-order chi connectivity index (χ0) is 33.8. The van der Waals surface area contributed by atoms with Crippen molar-refractivity contribution in [3.63, 3.8) is 0 Å². The number of carbonyl (C=O) groups excluding carboxylic acids is 2. The van der Waals surface area contributed by atoms with Gasteiger partial charge in [0.15, 0.2) is 0 Å². The van der Waals surface area contributed by atoms with E-state index in [4.69, 9.17) is 9.47 Å². The Bertz CT molecular complexity index is 1520. The Morgan fingerprint density at radius 2 is 0.739 bits per heavy atom. The van der Waals surface area contributed by atoms with Crippen LogP contribution >= 0.6 is 0 Å². The Balaban J connectivity index is 1.45. The second-order valence-electron chi connectivity index (χ2n) is 12.5. The molecule has 0 aliphatic heterocycles. The van der Waals surface area contributed by atoms with Gasteiger partial charge in [-0.1, -0.05) is 62.4 Å². The molecule has 4 N–H and O–H groups in total. The number of ether oxygens (including phenoxy) is 2. The van der Waals surface area contributed by atoms with Gasteiger partial charge in [-0.2, -0.15) is 0 Å². The third-order valence-corrected chi connectivity index (χ3v) is 8.94. The Morgan fingerprint density at radius 1 is 0.500 bits per heavy atom. The molecule has 242 valence electrons. The van der Waals surface area contributed by atoms with Crippen LogP contribution in [0.25, 0.3) is 0 Å². The van der Waals surface area contributed by atoms with Gasteiger partial charge in [-0.15, -0.1) is 0 Å². The second-order valence-corrected chi connectivity index (χ2v) is 12.5. The van der Waals surface area contributed by atoms with Crippen LogP contribution in [0.3, 0.4) is 0 Å². The van der Waals surface area contributed by atoms with Crippen LogP contribution in [0.15, 0.2) is 72.8 Å². The molecule has 0 aliphatic carbocycles. The third-order valence-electron chi connectivity index (χ3n) is 8.94. The summed E-state index contributed by atoms with van der Waals surface area (Å²) in [5, 5.41) is 40.4. The van der Waals surface area contributed by atoms with Crippen molar-refractivity contribution in [2.45, 2.75) is 65.2 Å². The van der Waals surface area contributed by atoms with E-state index < -0.39 is 22.8 Å². The quantitative estimate of drug-likeness (QED) is 0.104. The predicted molar refractivity (Wildman–Crippen MR) is 175 cm³/mol. The molecule has 0 unspecified atom stereocenters. The molecule has 4 aromatic carbocycles. The van der Waals surface area contributed by atoms with Crippen molar-refractivity contribution in [2.75, 3.05) is 13.2 Å². The highest BCUT2D eigenvalue weighted by Gasteiger charge is 2.35. The smallest absolute Gasteiger partial charge is 0.307 e. The van der Waals surface area contributed by atoms with Crippen LogP contribution in [0, 0.1) is 27.7 Å². The van der Waals surface area contributed by atoms with Crippen LogP contribution in [0.4, 0.5) is 0 Å². The van der Waals surface area contributed by atoms with E-state index in [-0.39, 0.29) is 49.1 Å². The molecule has 46 heavy (non-hydrogen) atoms. The van der Waals surface area contributed by atoms with Crippen LogP contribution < -0.4 is 0 Å². The van der Waals surface area contributed by atoms with Gasteiger partial charge in [0.25, 0.3) is 0 Å². The van der Waals surface area contributed by atoms with Gasteiger partial charge in [0.1, 0.15) is 36.2 Å². The van der Waals surface area contributed by atoms with Crippen LogP contribution in [0.2, 0.25) is 0 Å². The summed E-state index contributed by atoms with van der Waals surface area (Å²) in [5.74, 6) is -0.411. The van der Waals surface area contributed by atoms with E-state index in [1.165, 1.54) is 0 Å². The number of esters is 2. The van der Waals surface area contributed by atoms with Gasteiger partial charge < -0.3 is 29.9 Å². The number of hydrogen-bond donors (Lipinski definition) is 4. The van der Waals surface area contributed by atoms with Crippen LogP contribution in [0.1, 0.15) is 71.2 Å².